The second-order valence-electron chi connectivity index (χ2n) is 5.59. The lowest BCUT2D eigenvalue weighted by atomic mass is 10.1. The zero-order valence-electron chi connectivity index (χ0n) is 14.4. The molecule has 138 valence electrons. The van der Waals surface area contributed by atoms with Gasteiger partial charge in [0.05, 0.1) is 5.69 Å². The summed E-state index contributed by atoms with van der Waals surface area (Å²) in [6.45, 7) is 1.78. The number of amides is 1. The summed E-state index contributed by atoms with van der Waals surface area (Å²) < 4.78 is 0. The number of aromatic nitrogens is 1. The average molecular weight is 375 g/mol. The van der Waals surface area contributed by atoms with Gasteiger partial charge in [-0.25, -0.2) is 4.98 Å². The summed E-state index contributed by atoms with van der Waals surface area (Å²) in [7, 11) is 0. The highest BCUT2D eigenvalue weighted by Crippen LogP contribution is 2.37. The van der Waals surface area contributed by atoms with Crippen molar-refractivity contribution in [3.8, 4) is 0 Å². The predicted octanol–water partition coefficient (Wildman–Crippen LogP) is 2.67. The molecule has 0 atom stereocenters. The molecule has 5 N–H and O–H groups in total. The summed E-state index contributed by atoms with van der Waals surface area (Å²) in [5.74, 6) is -1.10. The van der Waals surface area contributed by atoms with Crippen molar-refractivity contribution in [1.29, 1.82) is 0 Å². The molecule has 0 spiro atoms. The van der Waals surface area contributed by atoms with Gasteiger partial charge in [0.15, 0.2) is 5.96 Å². The van der Waals surface area contributed by atoms with Crippen molar-refractivity contribution in [2.75, 3.05) is 4.90 Å². The number of carboxylic acids is 1. The minimum Gasteiger partial charge on any atom is -0.481 e. The van der Waals surface area contributed by atoms with Gasteiger partial charge in [0.2, 0.25) is 11.0 Å². The largest absolute Gasteiger partial charge is 0.481 e. The van der Waals surface area contributed by atoms with Crippen LogP contribution >= 0.6 is 11.3 Å². The Labute approximate surface area is 155 Å². The zero-order chi connectivity index (χ0) is 19.1. The number of rotatable bonds is 8. The molecular formula is C17H21N5O3S. The third kappa shape index (κ3) is 5.28. The molecule has 26 heavy (non-hydrogen) atoms. The number of hydrogen-bond donors (Lipinski definition) is 3. The van der Waals surface area contributed by atoms with Crippen molar-refractivity contribution >= 4 is 45.0 Å². The number of carboxylic acid groups (broad SMARTS) is 1. The van der Waals surface area contributed by atoms with Crippen LogP contribution in [0.2, 0.25) is 0 Å². The SMILES string of the molecule is Cc1nc(N=C(N)N)sc1N(C(=O)CCCCC(=O)O)c1ccccc1. The van der Waals surface area contributed by atoms with Gasteiger partial charge in [0, 0.05) is 18.5 Å². The molecule has 1 aromatic heterocycles. The Bertz CT molecular complexity index is 800. The Morgan fingerprint density at radius 2 is 1.85 bits per heavy atom. The summed E-state index contributed by atoms with van der Waals surface area (Å²) >= 11 is 1.22. The van der Waals surface area contributed by atoms with Crippen molar-refractivity contribution in [3.05, 3.63) is 36.0 Å². The predicted molar refractivity (Wildman–Crippen MR) is 102 cm³/mol. The summed E-state index contributed by atoms with van der Waals surface area (Å²) in [5, 5.41) is 9.73. The van der Waals surface area contributed by atoms with Crippen molar-refractivity contribution in [3.63, 3.8) is 0 Å². The summed E-state index contributed by atoms with van der Waals surface area (Å²) in [5.41, 5.74) is 12.1. The van der Waals surface area contributed by atoms with Gasteiger partial charge in [-0.15, -0.1) is 0 Å². The minimum absolute atomic E-state index is 0.0485. The third-order valence-corrected chi connectivity index (χ3v) is 4.52. The second-order valence-corrected chi connectivity index (χ2v) is 6.55. The molecule has 2 aromatic rings. The topological polar surface area (TPSA) is 135 Å². The summed E-state index contributed by atoms with van der Waals surface area (Å²) in [4.78, 5) is 33.3. The fourth-order valence-electron chi connectivity index (χ4n) is 2.36. The first-order chi connectivity index (χ1) is 12.4. The molecule has 1 heterocycles. The molecule has 0 saturated carbocycles. The molecule has 0 aliphatic carbocycles. The number of para-hydroxylation sites is 1. The molecule has 0 fully saturated rings. The van der Waals surface area contributed by atoms with Crippen LogP contribution in [-0.4, -0.2) is 27.9 Å². The first kappa shape index (κ1) is 19.4. The number of guanidine groups is 1. The van der Waals surface area contributed by atoms with Gasteiger partial charge in [-0.2, -0.15) is 4.99 Å². The third-order valence-electron chi connectivity index (χ3n) is 3.48. The van der Waals surface area contributed by atoms with E-state index in [2.05, 4.69) is 9.98 Å². The van der Waals surface area contributed by atoms with Crippen molar-refractivity contribution < 1.29 is 14.7 Å². The van der Waals surface area contributed by atoms with Crippen LogP contribution in [0.4, 0.5) is 15.8 Å². The van der Waals surface area contributed by atoms with Crippen LogP contribution in [0.3, 0.4) is 0 Å². The Balaban J connectivity index is 2.28. The highest BCUT2D eigenvalue weighted by molar-refractivity contribution is 7.19. The fraction of sp³-hybridized carbons (Fsp3) is 0.294. The van der Waals surface area contributed by atoms with Gasteiger partial charge in [0.1, 0.15) is 5.00 Å². The van der Waals surface area contributed by atoms with Crippen molar-refractivity contribution in [1.82, 2.24) is 4.98 Å². The average Bonchev–Trinajstić information content (AvgIpc) is 2.92. The molecular weight excluding hydrogens is 354 g/mol. The number of nitrogens with two attached hydrogens (primary N) is 2. The number of carbonyl (C=O) groups excluding carboxylic acids is 1. The zero-order valence-corrected chi connectivity index (χ0v) is 15.2. The van der Waals surface area contributed by atoms with Crippen molar-refractivity contribution in [2.45, 2.75) is 32.6 Å². The minimum atomic E-state index is -0.863. The first-order valence-corrected chi connectivity index (χ1v) is 8.87. The van der Waals surface area contributed by atoms with Crippen LogP contribution < -0.4 is 16.4 Å². The highest BCUT2D eigenvalue weighted by Gasteiger charge is 2.23. The van der Waals surface area contributed by atoms with E-state index in [1.807, 2.05) is 30.3 Å². The van der Waals surface area contributed by atoms with Gasteiger partial charge < -0.3 is 16.6 Å². The summed E-state index contributed by atoms with van der Waals surface area (Å²) in [6.07, 6.45) is 1.22. The number of thiazole rings is 1. The molecule has 2 rings (SSSR count). The molecule has 1 aromatic carbocycles. The Hall–Kier alpha value is -2.94. The smallest absolute Gasteiger partial charge is 0.303 e. The van der Waals surface area contributed by atoms with E-state index >= 15 is 0 Å². The molecule has 0 aliphatic heterocycles. The van der Waals surface area contributed by atoms with Gasteiger partial charge >= 0.3 is 5.97 Å². The number of benzene rings is 1. The lowest BCUT2D eigenvalue weighted by molar-refractivity contribution is -0.137. The number of aryl methyl sites for hydroxylation is 1. The number of aliphatic imine (C=N–C) groups is 1. The number of carbonyl (C=O) groups is 2. The normalized spacial score (nSPS) is 10.3. The molecule has 9 heteroatoms. The van der Waals surface area contributed by atoms with E-state index in [4.69, 9.17) is 16.6 Å². The van der Waals surface area contributed by atoms with Crippen LogP contribution in [-0.2, 0) is 9.59 Å². The van der Waals surface area contributed by atoms with Gasteiger partial charge in [-0.1, -0.05) is 29.5 Å². The molecule has 8 nitrogen and oxygen atoms in total. The molecule has 0 saturated heterocycles. The number of aliphatic carboxylic acids is 1. The van der Waals surface area contributed by atoms with Crippen LogP contribution in [0, 0.1) is 6.92 Å². The maximum absolute atomic E-state index is 12.8. The second kappa shape index (κ2) is 8.95. The van der Waals surface area contributed by atoms with Crippen LogP contribution in [0.1, 0.15) is 31.4 Å². The Kier molecular flexibility index (Phi) is 6.67. The van der Waals surface area contributed by atoms with Crippen LogP contribution in [0.25, 0.3) is 0 Å². The molecule has 1 amide bonds. The maximum atomic E-state index is 12.8. The van der Waals surface area contributed by atoms with Gasteiger partial charge in [0.25, 0.3) is 0 Å². The maximum Gasteiger partial charge on any atom is 0.303 e. The fourth-order valence-corrected chi connectivity index (χ4v) is 3.35. The Morgan fingerprint density at radius 3 is 2.46 bits per heavy atom. The molecule has 0 bridgehead atoms. The van der Waals surface area contributed by atoms with E-state index in [9.17, 15) is 9.59 Å². The number of unbranched alkanes of at least 4 members (excludes halogenated alkanes) is 1. The van der Waals surface area contributed by atoms with Gasteiger partial charge in [-0.05, 0) is 31.9 Å². The lowest BCUT2D eigenvalue weighted by Gasteiger charge is -2.21. The van der Waals surface area contributed by atoms with Crippen LogP contribution in [0.5, 0.6) is 0 Å². The highest BCUT2D eigenvalue weighted by atomic mass is 32.1. The first-order valence-electron chi connectivity index (χ1n) is 8.05. The van der Waals surface area contributed by atoms with E-state index in [1.54, 1.807) is 11.8 Å². The molecule has 0 aliphatic rings. The molecule has 0 unspecified atom stereocenters. The standard InChI is InChI=1S/C17H21N5O3S/c1-11-15(26-17(20-11)21-16(18)19)22(12-7-3-2-4-8-12)13(23)9-5-6-10-14(24)25/h2-4,7-8H,5-6,9-10H2,1H3,(H,24,25)(H4,18,19,20,21). The van der Waals surface area contributed by atoms with Crippen LogP contribution in [0.15, 0.2) is 35.3 Å². The summed E-state index contributed by atoms with van der Waals surface area (Å²) in [6, 6.07) is 9.20. The van der Waals surface area contributed by atoms with Gasteiger partial charge in [-0.3, -0.25) is 14.5 Å². The van der Waals surface area contributed by atoms with E-state index in [0.29, 0.717) is 34.4 Å². The number of nitrogens with zero attached hydrogens (tertiary/aromatic N) is 3. The van der Waals surface area contributed by atoms with E-state index in [0.717, 1.165) is 0 Å². The quantitative estimate of drug-likeness (QED) is 0.369. The van der Waals surface area contributed by atoms with E-state index in [-0.39, 0.29) is 24.7 Å². The Morgan fingerprint density at radius 1 is 1.19 bits per heavy atom. The number of hydrogen-bond acceptors (Lipinski definition) is 5. The van der Waals surface area contributed by atoms with E-state index < -0.39 is 5.97 Å². The number of anilines is 2. The lowest BCUT2D eigenvalue weighted by Crippen LogP contribution is -2.25. The van der Waals surface area contributed by atoms with E-state index in [1.165, 1.54) is 11.3 Å². The van der Waals surface area contributed by atoms with Crippen molar-refractivity contribution in [2.24, 2.45) is 16.5 Å². The monoisotopic (exact) mass is 375 g/mol. The molecule has 0 radical (unpaired) electrons.